The molecule has 1 saturated carbocycles. The Morgan fingerprint density at radius 2 is 1.78 bits per heavy atom. The number of carbonyl (C=O) groups is 1. The highest BCUT2D eigenvalue weighted by Crippen LogP contribution is 2.32. The summed E-state index contributed by atoms with van der Waals surface area (Å²) in [6.07, 6.45) is 4.72. The smallest absolute Gasteiger partial charge is 0.229 e. The van der Waals surface area contributed by atoms with Crippen molar-refractivity contribution in [2.45, 2.75) is 25.7 Å². The molecule has 1 aromatic rings. The zero-order valence-electron chi connectivity index (χ0n) is 10.9. The van der Waals surface area contributed by atoms with Gasteiger partial charge >= 0.3 is 0 Å². The molecule has 0 atom stereocenters. The van der Waals surface area contributed by atoms with Crippen molar-refractivity contribution in [1.29, 1.82) is 0 Å². The third-order valence-corrected chi connectivity index (χ3v) is 3.97. The van der Waals surface area contributed by atoms with Crippen molar-refractivity contribution in [1.82, 2.24) is 0 Å². The van der Waals surface area contributed by atoms with Gasteiger partial charge in [-0.15, -0.1) is 0 Å². The Kier molecular flexibility index (Phi) is 2.98. The van der Waals surface area contributed by atoms with Gasteiger partial charge in [0.25, 0.3) is 0 Å². The van der Waals surface area contributed by atoms with Gasteiger partial charge in [-0.25, -0.2) is 0 Å². The molecule has 1 saturated heterocycles. The van der Waals surface area contributed by atoms with Crippen LogP contribution in [0.3, 0.4) is 0 Å². The van der Waals surface area contributed by atoms with Gasteiger partial charge in [0.15, 0.2) is 0 Å². The molecule has 2 fully saturated rings. The van der Waals surface area contributed by atoms with E-state index in [0.717, 1.165) is 31.6 Å². The third-order valence-electron chi connectivity index (χ3n) is 3.97. The predicted molar refractivity (Wildman–Crippen MR) is 74.0 cm³/mol. The van der Waals surface area contributed by atoms with Crippen molar-refractivity contribution < 1.29 is 4.79 Å². The molecule has 0 bridgehead atoms. The summed E-state index contributed by atoms with van der Waals surface area (Å²) in [5, 5.41) is 0. The molecule has 1 aliphatic carbocycles. The average molecular weight is 244 g/mol. The summed E-state index contributed by atoms with van der Waals surface area (Å²) >= 11 is 0. The van der Waals surface area contributed by atoms with Crippen LogP contribution in [-0.2, 0) is 4.79 Å². The Balaban J connectivity index is 1.71. The van der Waals surface area contributed by atoms with Crippen LogP contribution in [0.25, 0.3) is 0 Å². The van der Waals surface area contributed by atoms with Crippen LogP contribution in [-0.4, -0.2) is 26.0 Å². The van der Waals surface area contributed by atoms with Crippen molar-refractivity contribution in [3.05, 3.63) is 24.3 Å². The highest BCUT2D eigenvalue weighted by atomic mass is 16.2. The summed E-state index contributed by atoms with van der Waals surface area (Å²) in [7, 11) is 1.88. The monoisotopic (exact) mass is 244 g/mol. The van der Waals surface area contributed by atoms with E-state index in [4.69, 9.17) is 0 Å². The van der Waals surface area contributed by atoms with Crippen LogP contribution in [0.4, 0.5) is 11.4 Å². The Morgan fingerprint density at radius 1 is 1.17 bits per heavy atom. The van der Waals surface area contributed by atoms with Gasteiger partial charge in [0.2, 0.25) is 5.91 Å². The van der Waals surface area contributed by atoms with E-state index in [1.807, 2.05) is 7.05 Å². The molecule has 1 heterocycles. The van der Waals surface area contributed by atoms with Crippen molar-refractivity contribution in [2.24, 2.45) is 5.92 Å². The highest BCUT2D eigenvalue weighted by Gasteiger charge is 2.32. The van der Waals surface area contributed by atoms with E-state index in [0.29, 0.717) is 0 Å². The third kappa shape index (κ3) is 2.22. The SMILES string of the molecule is CN(C(=O)C1CC1)c1ccc(N2CCCC2)cc1. The fourth-order valence-electron chi connectivity index (χ4n) is 2.59. The zero-order chi connectivity index (χ0) is 12.5. The first-order valence-corrected chi connectivity index (χ1v) is 6.88. The van der Waals surface area contributed by atoms with E-state index in [1.54, 1.807) is 4.90 Å². The summed E-state index contributed by atoms with van der Waals surface area (Å²) in [6, 6.07) is 8.40. The van der Waals surface area contributed by atoms with Crippen LogP contribution in [0.5, 0.6) is 0 Å². The molecule has 3 heteroatoms. The number of anilines is 2. The van der Waals surface area contributed by atoms with Gasteiger partial charge in [-0.2, -0.15) is 0 Å². The molecular formula is C15H20N2O. The number of hydrogen-bond donors (Lipinski definition) is 0. The standard InChI is InChI=1S/C15H20N2O/c1-16(15(18)12-4-5-12)13-6-8-14(9-7-13)17-10-2-3-11-17/h6-9,12H,2-5,10-11H2,1H3. The van der Waals surface area contributed by atoms with Gasteiger partial charge in [0.1, 0.15) is 0 Å². The summed E-state index contributed by atoms with van der Waals surface area (Å²) in [6.45, 7) is 2.33. The fourth-order valence-corrected chi connectivity index (χ4v) is 2.59. The Hall–Kier alpha value is -1.51. The maximum atomic E-state index is 12.0. The summed E-state index contributed by atoms with van der Waals surface area (Å²) < 4.78 is 0. The lowest BCUT2D eigenvalue weighted by Crippen LogP contribution is -2.27. The molecule has 3 rings (SSSR count). The minimum absolute atomic E-state index is 0.268. The quantitative estimate of drug-likeness (QED) is 0.816. The second-order valence-corrected chi connectivity index (χ2v) is 5.38. The summed E-state index contributed by atoms with van der Waals surface area (Å²) in [5.74, 6) is 0.553. The number of rotatable bonds is 3. The van der Waals surface area contributed by atoms with Crippen molar-refractivity contribution >= 4 is 17.3 Å². The van der Waals surface area contributed by atoms with Crippen molar-refractivity contribution in [3.63, 3.8) is 0 Å². The van der Waals surface area contributed by atoms with Gasteiger partial charge in [0, 0.05) is 37.4 Å². The minimum atomic E-state index is 0.268. The van der Waals surface area contributed by atoms with Gasteiger partial charge in [-0.1, -0.05) is 0 Å². The molecule has 96 valence electrons. The largest absolute Gasteiger partial charge is 0.372 e. The second-order valence-electron chi connectivity index (χ2n) is 5.38. The van der Waals surface area contributed by atoms with Crippen LogP contribution in [0.2, 0.25) is 0 Å². The van der Waals surface area contributed by atoms with Gasteiger partial charge < -0.3 is 9.80 Å². The van der Waals surface area contributed by atoms with Crippen LogP contribution >= 0.6 is 0 Å². The van der Waals surface area contributed by atoms with E-state index < -0.39 is 0 Å². The lowest BCUT2D eigenvalue weighted by atomic mass is 10.2. The summed E-state index contributed by atoms with van der Waals surface area (Å²) in [4.78, 5) is 16.2. The normalized spacial score (nSPS) is 19.1. The molecule has 0 aromatic heterocycles. The number of benzene rings is 1. The fraction of sp³-hybridized carbons (Fsp3) is 0.533. The molecule has 2 aliphatic rings. The number of hydrogen-bond acceptors (Lipinski definition) is 2. The number of amides is 1. The van der Waals surface area contributed by atoms with Gasteiger partial charge in [-0.3, -0.25) is 4.79 Å². The number of carbonyl (C=O) groups excluding carboxylic acids is 1. The van der Waals surface area contributed by atoms with Crippen molar-refractivity contribution in [2.75, 3.05) is 29.9 Å². The minimum Gasteiger partial charge on any atom is -0.372 e. The Labute approximate surface area is 108 Å². The van der Waals surface area contributed by atoms with Crippen LogP contribution in [0.15, 0.2) is 24.3 Å². The van der Waals surface area contributed by atoms with Gasteiger partial charge in [-0.05, 0) is 49.9 Å². The molecule has 1 aliphatic heterocycles. The van der Waals surface area contributed by atoms with E-state index in [-0.39, 0.29) is 11.8 Å². The van der Waals surface area contributed by atoms with E-state index in [1.165, 1.54) is 18.5 Å². The molecular weight excluding hydrogens is 224 g/mol. The molecule has 0 N–H and O–H groups in total. The van der Waals surface area contributed by atoms with E-state index in [9.17, 15) is 4.79 Å². The maximum Gasteiger partial charge on any atom is 0.229 e. The average Bonchev–Trinajstić information content (AvgIpc) is 3.12. The van der Waals surface area contributed by atoms with Crippen molar-refractivity contribution in [3.8, 4) is 0 Å². The van der Waals surface area contributed by atoms with Crippen LogP contribution < -0.4 is 9.80 Å². The zero-order valence-corrected chi connectivity index (χ0v) is 10.9. The molecule has 0 spiro atoms. The first kappa shape index (κ1) is 11.6. The predicted octanol–water partition coefficient (Wildman–Crippen LogP) is 2.66. The molecule has 0 unspecified atom stereocenters. The summed E-state index contributed by atoms with van der Waals surface area (Å²) in [5.41, 5.74) is 2.29. The van der Waals surface area contributed by atoms with Gasteiger partial charge in [0.05, 0.1) is 0 Å². The Bertz CT molecular complexity index is 430. The molecule has 3 nitrogen and oxygen atoms in total. The molecule has 0 radical (unpaired) electrons. The highest BCUT2D eigenvalue weighted by molar-refractivity contribution is 5.96. The van der Waals surface area contributed by atoms with E-state index in [2.05, 4.69) is 29.2 Å². The molecule has 1 amide bonds. The van der Waals surface area contributed by atoms with E-state index >= 15 is 0 Å². The lowest BCUT2D eigenvalue weighted by molar-refractivity contribution is -0.119. The van der Waals surface area contributed by atoms with Crippen LogP contribution in [0, 0.1) is 5.92 Å². The Morgan fingerprint density at radius 3 is 2.33 bits per heavy atom. The topological polar surface area (TPSA) is 23.6 Å². The molecule has 1 aromatic carbocycles. The van der Waals surface area contributed by atoms with Crippen LogP contribution in [0.1, 0.15) is 25.7 Å². The second kappa shape index (κ2) is 4.63. The number of nitrogens with zero attached hydrogens (tertiary/aromatic N) is 2. The first-order valence-electron chi connectivity index (χ1n) is 6.88. The first-order chi connectivity index (χ1) is 8.75. The molecule has 18 heavy (non-hydrogen) atoms. The maximum absolute atomic E-state index is 12.0. The lowest BCUT2D eigenvalue weighted by Gasteiger charge is -2.21.